The monoisotopic (exact) mass is 504 g/mol. The van der Waals surface area contributed by atoms with Crippen molar-refractivity contribution < 1.29 is 14.3 Å². The fraction of sp³-hybridized carbons (Fsp3) is 0.400. The van der Waals surface area contributed by atoms with Crippen molar-refractivity contribution in [3.63, 3.8) is 0 Å². The third-order valence-electron chi connectivity index (χ3n) is 6.82. The molecule has 1 atom stereocenters. The zero-order valence-corrected chi connectivity index (χ0v) is 22.4. The highest BCUT2D eigenvalue weighted by molar-refractivity contribution is 7.10. The predicted octanol–water partition coefficient (Wildman–Crippen LogP) is 5.66. The molecule has 3 aromatic rings. The first-order valence-corrected chi connectivity index (χ1v) is 13.8. The van der Waals surface area contributed by atoms with Crippen LogP contribution in [-0.2, 0) is 22.4 Å². The number of amides is 2. The van der Waals surface area contributed by atoms with E-state index in [4.69, 9.17) is 4.74 Å². The molecule has 4 rings (SSSR count). The van der Waals surface area contributed by atoms with Gasteiger partial charge in [0.1, 0.15) is 6.54 Å². The summed E-state index contributed by atoms with van der Waals surface area (Å²) >= 11 is 1.76. The number of carbonyl (C=O) groups excluding carboxylic acids is 2. The van der Waals surface area contributed by atoms with E-state index in [2.05, 4.69) is 49.6 Å². The van der Waals surface area contributed by atoms with Crippen molar-refractivity contribution in [1.82, 2.24) is 9.80 Å². The Balaban J connectivity index is 1.57. The van der Waals surface area contributed by atoms with Gasteiger partial charge in [-0.3, -0.25) is 9.59 Å². The third-order valence-corrected chi connectivity index (χ3v) is 7.82. The quantitative estimate of drug-likeness (QED) is 0.335. The summed E-state index contributed by atoms with van der Waals surface area (Å²) in [5, 5.41) is 2.11. The molecule has 190 valence electrons. The van der Waals surface area contributed by atoms with Crippen LogP contribution in [0.1, 0.15) is 63.8 Å². The lowest BCUT2D eigenvalue weighted by molar-refractivity contribution is -0.134. The molecule has 0 fully saturated rings. The first-order chi connectivity index (χ1) is 17.5. The van der Waals surface area contributed by atoms with Crippen LogP contribution in [-0.4, -0.2) is 54.5 Å². The van der Waals surface area contributed by atoms with Gasteiger partial charge in [-0.05, 0) is 73.4 Å². The lowest BCUT2D eigenvalue weighted by Gasteiger charge is -2.37. The summed E-state index contributed by atoms with van der Waals surface area (Å²) in [6.45, 7) is 8.52. The van der Waals surface area contributed by atoms with E-state index in [0.717, 1.165) is 18.4 Å². The SMILES string of the molecule is CCOCCCN(CC(=O)N1CCc2sccc2C1c1ccc(C)cc1)C(=O)c1ccc(CC)cc1. The van der Waals surface area contributed by atoms with E-state index in [1.165, 1.54) is 21.6 Å². The molecule has 6 heteroatoms. The number of ether oxygens (including phenoxy) is 1. The van der Waals surface area contributed by atoms with Crippen LogP contribution in [0.15, 0.2) is 60.0 Å². The summed E-state index contributed by atoms with van der Waals surface area (Å²) in [7, 11) is 0. The Bertz CT molecular complexity index is 1150. The molecule has 0 aliphatic carbocycles. The maximum absolute atomic E-state index is 13.8. The first kappa shape index (κ1) is 26.1. The molecule has 5 nitrogen and oxygen atoms in total. The van der Waals surface area contributed by atoms with Crippen LogP contribution in [0.25, 0.3) is 0 Å². The summed E-state index contributed by atoms with van der Waals surface area (Å²) in [5.74, 6) is -0.130. The zero-order valence-electron chi connectivity index (χ0n) is 21.5. The normalized spacial score (nSPS) is 15.0. The Hall–Kier alpha value is -2.96. The Morgan fingerprint density at radius 3 is 2.50 bits per heavy atom. The standard InChI is InChI=1S/C30H36N2O3S/c1-4-23-9-13-25(14-10-23)30(34)31(17-6-19-35-5-2)21-28(33)32-18-15-27-26(16-20-36-27)29(32)24-11-7-22(3)8-12-24/h7-14,16,20,29H,4-6,15,17-19,21H2,1-3H3. The zero-order chi connectivity index (χ0) is 25.5. The van der Waals surface area contributed by atoms with Crippen LogP contribution >= 0.6 is 11.3 Å². The minimum absolute atomic E-state index is 0.0210. The minimum atomic E-state index is -0.127. The summed E-state index contributed by atoms with van der Waals surface area (Å²) in [4.78, 5) is 32.3. The number of hydrogen-bond acceptors (Lipinski definition) is 4. The number of carbonyl (C=O) groups is 2. The van der Waals surface area contributed by atoms with Crippen molar-refractivity contribution in [2.45, 2.75) is 46.1 Å². The smallest absolute Gasteiger partial charge is 0.254 e. The molecule has 0 spiro atoms. The van der Waals surface area contributed by atoms with Gasteiger partial charge in [-0.1, -0.05) is 48.9 Å². The fourth-order valence-electron chi connectivity index (χ4n) is 4.77. The van der Waals surface area contributed by atoms with Crippen LogP contribution in [0.2, 0.25) is 0 Å². The van der Waals surface area contributed by atoms with Crippen molar-refractivity contribution in [3.05, 3.63) is 92.7 Å². The maximum atomic E-state index is 13.8. The molecule has 0 saturated heterocycles. The van der Waals surface area contributed by atoms with Gasteiger partial charge in [0, 0.05) is 36.7 Å². The fourth-order valence-corrected chi connectivity index (χ4v) is 5.67. The van der Waals surface area contributed by atoms with Crippen molar-refractivity contribution >= 4 is 23.2 Å². The number of benzene rings is 2. The van der Waals surface area contributed by atoms with Gasteiger partial charge in [-0.25, -0.2) is 0 Å². The summed E-state index contributed by atoms with van der Waals surface area (Å²) < 4.78 is 5.50. The first-order valence-electron chi connectivity index (χ1n) is 12.9. The second kappa shape index (κ2) is 12.3. The minimum Gasteiger partial charge on any atom is -0.382 e. The molecule has 0 saturated carbocycles. The van der Waals surface area contributed by atoms with Gasteiger partial charge in [-0.2, -0.15) is 0 Å². The summed E-state index contributed by atoms with van der Waals surface area (Å²) in [6, 6.07) is 18.2. The van der Waals surface area contributed by atoms with Crippen LogP contribution in [0.5, 0.6) is 0 Å². The van der Waals surface area contributed by atoms with E-state index in [0.29, 0.717) is 38.3 Å². The van der Waals surface area contributed by atoms with Crippen molar-refractivity contribution in [3.8, 4) is 0 Å². The molecular formula is C30H36N2O3S. The van der Waals surface area contributed by atoms with Gasteiger partial charge in [0.15, 0.2) is 0 Å². The molecule has 1 aromatic heterocycles. The van der Waals surface area contributed by atoms with Crippen LogP contribution in [0.4, 0.5) is 0 Å². The molecule has 1 unspecified atom stereocenters. The molecule has 2 heterocycles. The second-order valence-corrected chi connectivity index (χ2v) is 10.3. The van der Waals surface area contributed by atoms with E-state index in [9.17, 15) is 9.59 Å². The molecule has 1 aliphatic heterocycles. The van der Waals surface area contributed by atoms with Crippen LogP contribution in [0.3, 0.4) is 0 Å². The van der Waals surface area contributed by atoms with Gasteiger partial charge in [0.2, 0.25) is 5.91 Å². The van der Waals surface area contributed by atoms with Crippen molar-refractivity contribution in [2.24, 2.45) is 0 Å². The van der Waals surface area contributed by atoms with E-state index in [1.54, 1.807) is 16.2 Å². The van der Waals surface area contributed by atoms with Gasteiger partial charge in [0.05, 0.1) is 6.04 Å². The lowest BCUT2D eigenvalue weighted by Crippen LogP contribution is -2.47. The number of aryl methyl sites for hydroxylation is 2. The van der Waals surface area contributed by atoms with Crippen LogP contribution in [0, 0.1) is 6.92 Å². The third kappa shape index (κ3) is 6.05. The highest BCUT2D eigenvalue weighted by atomic mass is 32.1. The highest BCUT2D eigenvalue weighted by Crippen LogP contribution is 2.38. The number of rotatable bonds is 10. The van der Waals surface area contributed by atoms with E-state index >= 15 is 0 Å². The molecular weight excluding hydrogens is 468 g/mol. The molecule has 0 radical (unpaired) electrons. The number of hydrogen-bond donors (Lipinski definition) is 0. The van der Waals surface area contributed by atoms with Crippen LogP contribution < -0.4 is 0 Å². The molecule has 2 aromatic carbocycles. The predicted molar refractivity (Wildman–Crippen MR) is 146 cm³/mol. The average molecular weight is 505 g/mol. The summed E-state index contributed by atoms with van der Waals surface area (Å²) in [5.41, 5.74) is 5.31. The van der Waals surface area contributed by atoms with Gasteiger partial charge in [-0.15, -0.1) is 11.3 Å². The highest BCUT2D eigenvalue weighted by Gasteiger charge is 2.34. The Kier molecular flexibility index (Phi) is 8.94. The molecule has 1 aliphatic rings. The average Bonchev–Trinajstić information content (AvgIpc) is 3.39. The van der Waals surface area contributed by atoms with E-state index in [1.807, 2.05) is 36.1 Å². The van der Waals surface area contributed by atoms with Crippen molar-refractivity contribution in [1.29, 1.82) is 0 Å². The number of thiophene rings is 1. The van der Waals surface area contributed by atoms with Gasteiger partial charge < -0.3 is 14.5 Å². The Morgan fingerprint density at radius 2 is 1.81 bits per heavy atom. The molecule has 2 amide bonds. The molecule has 0 N–H and O–H groups in total. The summed E-state index contributed by atoms with van der Waals surface area (Å²) in [6.07, 6.45) is 2.46. The van der Waals surface area contributed by atoms with E-state index in [-0.39, 0.29) is 24.4 Å². The van der Waals surface area contributed by atoms with E-state index < -0.39 is 0 Å². The Morgan fingerprint density at radius 1 is 1.06 bits per heavy atom. The number of fused-ring (bicyclic) bond motifs is 1. The maximum Gasteiger partial charge on any atom is 0.254 e. The largest absolute Gasteiger partial charge is 0.382 e. The Labute approximate surface area is 218 Å². The van der Waals surface area contributed by atoms with Crippen molar-refractivity contribution in [2.75, 3.05) is 32.8 Å². The molecule has 0 bridgehead atoms. The number of nitrogens with zero attached hydrogens (tertiary/aromatic N) is 2. The second-order valence-electron chi connectivity index (χ2n) is 9.28. The lowest BCUT2D eigenvalue weighted by atomic mass is 9.92. The van der Waals surface area contributed by atoms with Gasteiger partial charge >= 0.3 is 0 Å². The topological polar surface area (TPSA) is 49.9 Å². The molecule has 36 heavy (non-hydrogen) atoms. The van der Waals surface area contributed by atoms with Gasteiger partial charge in [0.25, 0.3) is 5.91 Å².